The second-order valence-corrected chi connectivity index (χ2v) is 7.79. The maximum absolute atomic E-state index is 12.8. The summed E-state index contributed by atoms with van der Waals surface area (Å²) in [7, 11) is 3.81. The third-order valence-electron chi connectivity index (χ3n) is 6.25. The van der Waals surface area contributed by atoms with Crippen molar-refractivity contribution in [1.82, 2.24) is 25.4 Å². The van der Waals surface area contributed by atoms with Crippen LogP contribution < -0.4 is 15.5 Å². The summed E-state index contributed by atoms with van der Waals surface area (Å²) in [6, 6.07) is 3.11. The van der Waals surface area contributed by atoms with E-state index in [1.165, 1.54) is 0 Å². The van der Waals surface area contributed by atoms with E-state index in [-0.39, 0.29) is 24.1 Å². The molecule has 0 saturated carbocycles. The molecule has 0 aromatic carbocycles. The van der Waals surface area contributed by atoms with Crippen LogP contribution in [0.1, 0.15) is 29.6 Å². The predicted octanol–water partition coefficient (Wildman–Crippen LogP) is -0.600. The van der Waals surface area contributed by atoms with Crippen molar-refractivity contribution in [3.05, 3.63) is 23.9 Å². The standard InChI is InChI=1S/C19H26N6O3/c1-23-11-8-21-18(28)14(23)12-15(26)25-9-5-19(6-10-25)22-17(27)13-4-3-7-20-16(13)24(19)2/h3-4,7,14H,5-6,8-12H2,1-2H3,(H,21,28)(H,22,27)/t14-/m0/s1. The van der Waals surface area contributed by atoms with Crippen LogP contribution in [0.15, 0.2) is 18.3 Å². The fraction of sp³-hybridized carbons (Fsp3) is 0.579. The maximum atomic E-state index is 12.8. The number of nitrogens with zero attached hydrogens (tertiary/aromatic N) is 4. The Bertz CT molecular complexity index is 805. The molecule has 2 saturated heterocycles. The van der Waals surface area contributed by atoms with Crippen molar-refractivity contribution in [2.75, 3.05) is 45.2 Å². The highest BCUT2D eigenvalue weighted by molar-refractivity contribution is 6.01. The van der Waals surface area contributed by atoms with E-state index in [9.17, 15) is 14.4 Å². The molecule has 0 unspecified atom stereocenters. The Morgan fingerprint density at radius 1 is 1.25 bits per heavy atom. The van der Waals surface area contributed by atoms with Gasteiger partial charge in [0.25, 0.3) is 5.91 Å². The number of fused-ring (bicyclic) bond motifs is 1. The predicted molar refractivity (Wildman–Crippen MR) is 103 cm³/mol. The first-order valence-electron chi connectivity index (χ1n) is 9.68. The van der Waals surface area contributed by atoms with Gasteiger partial charge >= 0.3 is 0 Å². The molecule has 0 bridgehead atoms. The molecule has 2 fully saturated rings. The number of anilines is 1. The summed E-state index contributed by atoms with van der Waals surface area (Å²) in [5.41, 5.74) is 0.0364. The molecular weight excluding hydrogens is 360 g/mol. The number of hydrogen-bond acceptors (Lipinski definition) is 6. The van der Waals surface area contributed by atoms with E-state index < -0.39 is 11.7 Å². The molecule has 1 aromatic heterocycles. The molecule has 4 heterocycles. The molecule has 4 rings (SSSR count). The first-order chi connectivity index (χ1) is 13.4. The summed E-state index contributed by atoms with van der Waals surface area (Å²) in [5, 5.41) is 5.95. The molecule has 9 heteroatoms. The molecule has 3 aliphatic rings. The van der Waals surface area contributed by atoms with Gasteiger partial charge in [0.05, 0.1) is 18.0 Å². The molecule has 1 aromatic rings. The number of rotatable bonds is 2. The van der Waals surface area contributed by atoms with Gasteiger partial charge in [-0.15, -0.1) is 0 Å². The van der Waals surface area contributed by atoms with E-state index in [1.807, 2.05) is 23.9 Å². The highest BCUT2D eigenvalue weighted by Gasteiger charge is 2.45. The number of likely N-dealkylation sites (N-methyl/N-ethyl adjacent to an activating group) is 1. The SMILES string of the molecule is CN1CCNC(=O)[C@@H]1CC(=O)N1CCC2(CC1)NC(=O)c1cccnc1N2C. The molecule has 150 valence electrons. The van der Waals surface area contributed by atoms with Crippen molar-refractivity contribution in [2.45, 2.75) is 31.0 Å². The summed E-state index contributed by atoms with van der Waals surface area (Å²) in [4.78, 5) is 47.5. The van der Waals surface area contributed by atoms with Crippen LogP contribution in [0.2, 0.25) is 0 Å². The highest BCUT2D eigenvalue weighted by atomic mass is 16.2. The van der Waals surface area contributed by atoms with Crippen molar-refractivity contribution in [3.63, 3.8) is 0 Å². The van der Waals surface area contributed by atoms with Crippen molar-refractivity contribution >= 4 is 23.5 Å². The quantitative estimate of drug-likeness (QED) is 0.705. The minimum Gasteiger partial charge on any atom is -0.353 e. The fourth-order valence-corrected chi connectivity index (χ4v) is 4.37. The summed E-state index contributed by atoms with van der Waals surface area (Å²) >= 11 is 0. The minimum absolute atomic E-state index is 0.0212. The average molecular weight is 386 g/mol. The van der Waals surface area contributed by atoms with Gasteiger partial charge in [0.2, 0.25) is 11.8 Å². The van der Waals surface area contributed by atoms with Gasteiger partial charge in [-0.1, -0.05) is 0 Å². The van der Waals surface area contributed by atoms with Gasteiger partial charge in [-0.05, 0) is 19.2 Å². The Kier molecular flexibility index (Phi) is 4.70. The number of carbonyl (C=O) groups excluding carboxylic acids is 3. The fourth-order valence-electron chi connectivity index (χ4n) is 4.37. The number of pyridine rings is 1. The molecule has 0 radical (unpaired) electrons. The van der Waals surface area contributed by atoms with Crippen LogP contribution in [0.3, 0.4) is 0 Å². The molecule has 9 nitrogen and oxygen atoms in total. The van der Waals surface area contributed by atoms with E-state index in [2.05, 4.69) is 15.6 Å². The summed E-state index contributed by atoms with van der Waals surface area (Å²) in [6.07, 6.45) is 3.10. The number of carbonyl (C=O) groups is 3. The Labute approximate surface area is 164 Å². The van der Waals surface area contributed by atoms with Gasteiger partial charge in [0.15, 0.2) is 0 Å². The van der Waals surface area contributed by atoms with Crippen LogP contribution >= 0.6 is 0 Å². The summed E-state index contributed by atoms with van der Waals surface area (Å²) in [6.45, 7) is 2.43. The molecule has 3 aliphatic heterocycles. The average Bonchev–Trinajstić information content (AvgIpc) is 2.70. The molecule has 0 aliphatic carbocycles. The lowest BCUT2D eigenvalue weighted by atomic mass is 9.91. The van der Waals surface area contributed by atoms with E-state index in [0.29, 0.717) is 43.9 Å². The number of amides is 3. The highest BCUT2D eigenvalue weighted by Crippen LogP contribution is 2.34. The Hall–Kier alpha value is -2.68. The van der Waals surface area contributed by atoms with Gasteiger partial charge in [-0.2, -0.15) is 0 Å². The van der Waals surface area contributed by atoms with Gasteiger partial charge in [-0.3, -0.25) is 19.3 Å². The number of hydrogen-bond donors (Lipinski definition) is 2. The van der Waals surface area contributed by atoms with E-state index in [4.69, 9.17) is 0 Å². The maximum Gasteiger partial charge on any atom is 0.256 e. The number of nitrogens with one attached hydrogen (secondary N) is 2. The monoisotopic (exact) mass is 386 g/mol. The first-order valence-corrected chi connectivity index (χ1v) is 9.68. The van der Waals surface area contributed by atoms with Crippen molar-refractivity contribution in [1.29, 1.82) is 0 Å². The summed E-state index contributed by atoms with van der Waals surface area (Å²) in [5.74, 6) is 0.442. The van der Waals surface area contributed by atoms with Crippen LogP contribution in [0.4, 0.5) is 5.82 Å². The van der Waals surface area contributed by atoms with Crippen LogP contribution in [0.5, 0.6) is 0 Å². The van der Waals surface area contributed by atoms with E-state index in [1.54, 1.807) is 23.2 Å². The second-order valence-electron chi connectivity index (χ2n) is 7.79. The first kappa shape index (κ1) is 18.7. The Morgan fingerprint density at radius 3 is 2.71 bits per heavy atom. The topological polar surface area (TPSA) is 97.9 Å². The third kappa shape index (κ3) is 3.09. The normalized spacial score (nSPS) is 24.6. The molecule has 1 atom stereocenters. The van der Waals surface area contributed by atoms with Gasteiger partial charge < -0.3 is 20.4 Å². The minimum atomic E-state index is -0.534. The number of likely N-dealkylation sites (tertiary alicyclic amines) is 1. The molecule has 3 amide bonds. The molecule has 1 spiro atoms. The third-order valence-corrected chi connectivity index (χ3v) is 6.25. The van der Waals surface area contributed by atoms with Crippen molar-refractivity contribution < 1.29 is 14.4 Å². The smallest absolute Gasteiger partial charge is 0.256 e. The van der Waals surface area contributed by atoms with Gasteiger partial charge in [0, 0.05) is 52.3 Å². The zero-order valence-electron chi connectivity index (χ0n) is 16.3. The van der Waals surface area contributed by atoms with Crippen LogP contribution in [-0.4, -0.2) is 84.5 Å². The van der Waals surface area contributed by atoms with Crippen LogP contribution in [0.25, 0.3) is 0 Å². The van der Waals surface area contributed by atoms with Crippen LogP contribution in [0, 0.1) is 0 Å². The lowest BCUT2D eigenvalue weighted by molar-refractivity contribution is -0.139. The largest absolute Gasteiger partial charge is 0.353 e. The molecule has 28 heavy (non-hydrogen) atoms. The zero-order chi connectivity index (χ0) is 19.9. The van der Waals surface area contributed by atoms with E-state index >= 15 is 0 Å². The van der Waals surface area contributed by atoms with Gasteiger partial charge in [-0.25, -0.2) is 4.98 Å². The Balaban J connectivity index is 1.43. The van der Waals surface area contributed by atoms with Crippen molar-refractivity contribution in [2.24, 2.45) is 0 Å². The van der Waals surface area contributed by atoms with Crippen molar-refractivity contribution in [3.8, 4) is 0 Å². The molecule has 2 N–H and O–H groups in total. The van der Waals surface area contributed by atoms with Gasteiger partial charge in [0.1, 0.15) is 11.5 Å². The number of piperazine rings is 1. The van der Waals surface area contributed by atoms with Crippen LogP contribution in [-0.2, 0) is 9.59 Å². The zero-order valence-corrected chi connectivity index (χ0v) is 16.3. The lowest BCUT2D eigenvalue weighted by Gasteiger charge is -2.50. The van der Waals surface area contributed by atoms with E-state index in [0.717, 1.165) is 6.54 Å². The second kappa shape index (κ2) is 7.05. The number of piperidine rings is 1. The summed E-state index contributed by atoms with van der Waals surface area (Å²) < 4.78 is 0. The number of aromatic nitrogens is 1. The Morgan fingerprint density at radius 2 is 2.00 bits per heavy atom. The molecular formula is C19H26N6O3. The lowest BCUT2D eigenvalue weighted by Crippen LogP contribution is -2.67.